The van der Waals surface area contributed by atoms with Crippen molar-refractivity contribution in [3.8, 4) is 0 Å². The molecule has 0 radical (unpaired) electrons. The highest BCUT2D eigenvalue weighted by molar-refractivity contribution is 5.71. The number of esters is 2. The van der Waals surface area contributed by atoms with Crippen molar-refractivity contribution in [1.29, 1.82) is 0 Å². The summed E-state index contributed by atoms with van der Waals surface area (Å²) < 4.78 is 23.0. The van der Waals surface area contributed by atoms with Crippen LogP contribution in [0, 0.1) is 0 Å². The summed E-state index contributed by atoms with van der Waals surface area (Å²) in [5.74, 6) is -1.97. The van der Waals surface area contributed by atoms with Crippen molar-refractivity contribution in [3.05, 3.63) is 48.6 Å². The molecule has 0 saturated carbocycles. The molecule has 2 atom stereocenters. The predicted molar refractivity (Wildman–Crippen MR) is 364 cm³/mol. The molecule has 9 nitrogen and oxygen atoms in total. The van der Waals surface area contributed by atoms with Crippen molar-refractivity contribution in [2.75, 3.05) is 47.5 Å². The fraction of sp³-hybridized carbons (Fsp3) is 0.855. The van der Waals surface area contributed by atoms with Crippen molar-refractivity contribution >= 4 is 17.9 Å². The minimum absolute atomic E-state index is 0.175. The lowest BCUT2D eigenvalue weighted by molar-refractivity contribution is -0.870. The maximum absolute atomic E-state index is 13.0. The molecule has 85 heavy (non-hydrogen) atoms. The summed E-state index contributed by atoms with van der Waals surface area (Å²) in [4.78, 5) is 37.6. The van der Waals surface area contributed by atoms with Gasteiger partial charge in [0.2, 0.25) is 0 Å². The van der Waals surface area contributed by atoms with Gasteiger partial charge < -0.3 is 28.5 Å². The number of aliphatic carboxylic acids is 1. The zero-order valence-electron chi connectivity index (χ0n) is 57.0. The first-order chi connectivity index (χ1) is 41.6. The summed E-state index contributed by atoms with van der Waals surface area (Å²) in [6.45, 7) is 4.84. The van der Waals surface area contributed by atoms with Crippen molar-refractivity contribution in [2.24, 2.45) is 0 Å². The van der Waals surface area contributed by atoms with Crippen LogP contribution in [0.3, 0.4) is 0 Å². The van der Waals surface area contributed by atoms with Gasteiger partial charge >= 0.3 is 17.9 Å². The molecular weight excluding hydrogens is 1050 g/mol. The topological polar surface area (TPSA) is 108 Å². The maximum Gasteiger partial charge on any atom is 0.361 e. The molecule has 0 bridgehead atoms. The molecule has 2 unspecified atom stereocenters. The molecule has 0 aliphatic rings. The quantitative estimate of drug-likeness (QED) is 0.0211. The van der Waals surface area contributed by atoms with Crippen LogP contribution in [0.1, 0.15) is 361 Å². The first-order valence-electron chi connectivity index (χ1n) is 36.8. The van der Waals surface area contributed by atoms with Crippen molar-refractivity contribution < 1.29 is 42.9 Å². The van der Waals surface area contributed by atoms with Gasteiger partial charge in [-0.2, -0.15) is 0 Å². The molecule has 0 aromatic rings. The Balaban J connectivity index is 3.99. The number of likely N-dealkylation sites (N-methyl/N-ethyl adjacent to an activating group) is 1. The molecule has 0 saturated heterocycles. The highest BCUT2D eigenvalue weighted by Gasteiger charge is 2.25. The Morgan fingerprint density at radius 1 is 0.365 bits per heavy atom. The second-order valence-electron chi connectivity index (χ2n) is 26.2. The molecule has 498 valence electrons. The van der Waals surface area contributed by atoms with Gasteiger partial charge in [-0.3, -0.25) is 9.59 Å². The van der Waals surface area contributed by atoms with Crippen LogP contribution < -0.4 is 0 Å². The molecule has 0 aromatic heterocycles. The fourth-order valence-corrected chi connectivity index (χ4v) is 11.0. The van der Waals surface area contributed by atoms with Crippen LogP contribution in [0.4, 0.5) is 0 Å². The van der Waals surface area contributed by atoms with E-state index in [0.29, 0.717) is 17.4 Å². The number of carbonyl (C=O) groups excluding carboxylic acids is 2. The Kier molecular flexibility index (Phi) is 65.0. The molecule has 0 heterocycles. The van der Waals surface area contributed by atoms with Gasteiger partial charge in [-0.25, -0.2) is 4.79 Å². The van der Waals surface area contributed by atoms with E-state index >= 15 is 0 Å². The number of ether oxygens (including phenoxy) is 4. The normalized spacial score (nSPS) is 12.9. The van der Waals surface area contributed by atoms with Crippen LogP contribution in [-0.4, -0.2) is 87.4 Å². The number of unbranched alkanes of at least 4 members (excludes halogenated alkanes) is 46. The van der Waals surface area contributed by atoms with Gasteiger partial charge in [0.1, 0.15) is 13.2 Å². The second-order valence-corrected chi connectivity index (χ2v) is 26.2. The van der Waals surface area contributed by atoms with Gasteiger partial charge in [-0.05, 0) is 51.4 Å². The van der Waals surface area contributed by atoms with Crippen LogP contribution in [0.25, 0.3) is 0 Å². The number of nitrogens with zero attached hydrogens (tertiary/aromatic N) is 1. The van der Waals surface area contributed by atoms with E-state index in [0.717, 1.165) is 64.2 Å². The Bertz CT molecular complexity index is 1530. The lowest BCUT2D eigenvalue weighted by Gasteiger charge is -2.25. The van der Waals surface area contributed by atoms with Gasteiger partial charge in [0, 0.05) is 12.8 Å². The number of carboxylic acids is 1. The molecule has 0 spiro atoms. The summed E-state index contributed by atoms with van der Waals surface area (Å²) in [5.41, 5.74) is 0. The second kappa shape index (κ2) is 67.2. The number of hydrogen-bond acceptors (Lipinski definition) is 7. The highest BCUT2D eigenvalue weighted by atomic mass is 16.7. The highest BCUT2D eigenvalue weighted by Crippen LogP contribution is 2.19. The summed E-state index contributed by atoms with van der Waals surface area (Å²) in [5, 5.41) is 9.75. The van der Waals surface area contributed by atoms with Gasteiger partial charge in [0.15, 0.2) is 6.10 Å². The van der Waals surface area contributed by atoms with Crippen molar-refractivity contribution in [2.45, 2.75) is 373 Å². The van der Waals surface area contributed by atoms with Gasteiger partial charge in [0.25, 0.3) is 6.29 Å². The Hall–Kier alpha value is -2.75. The zero-order chi connectivity index (χ0) is 61.9. The van der Waals surface area contributed by atoms with Crippen molar-refractivity contribution in [1.82, 2.24) is 0 Å². The lowest BCUT2D eigenvalue weighted by atomic mass is 10.0. The molecular formula is C76H142NO8+. The summed E-state index contributed by atoms with van der Waals surface area (Å²) in [6, 6.07) is 0. The number of carbonyl (C=O) groups is 3. The van der Waals surface area contributed by atoms with Gasteiger partial charge in [-0.1, -0.05) is 345 Å². The maximum atomic E-state index is 13.0. The molecule has 0 fully saturated rings. The SMILES string of the molecule is CC/C=C\C/C=C\C/C=C\C/C=C\CCCCCCCCCCCCCCCCCCCCCCCCCCC(=O)OC(COC(=O)CCCCCCCCCCCCCCCCCCCCCCCCC)COC(OCC[N+](C)(C)C)C(=O)O. The van der Waals surface area contributed by atoms with E-state index in [1.54, 1.807) is 0 Å². The van der Waals surface area contributed by atoms with E-state index in [2.05, 4.69) is 62.5 Å². The standard InChI is InChI=1S/C76H141NO8/c1-6-8-10-12-14-16-18-20-22-24-26-28-30-31-32-33-34-35-36-37-38-39-40-41-42-43-45-47-49-51-53-55-57-59-61-63-65-67-74(79)85-72(71-84-76(75(80)81)82-69-68-77(3,4)5)70-83-73(78)66-64-62-60-58-56-54-52-50-48-46-44-29-27-25-23-21-19-17-15-13-11-9-7-2/h8,10,14,16,20,22,26,28,72,76H,6-7,9,11-13,15,17-19,21,23-25,27,29-71H2,1-5H3/p+1/b10-8-,16-14-,22-20-,28-26-. The smallest absolute Gasteiger partial charge is 0.361 e. The molecule has 9 heteroatoms. The monoisotopic (exact) mass is 1200 g/mol. The van der Waals surface area contributed by atoms with Crippen LogP contribution in [-0.2, 0) is 33.3 Å². The molecule has 0 aliphatic carbocycles. The minimum atomic E-state index is -1.51. The average Bonchev–Trinajstić information content (AvgIpc) is 3.48. The Morgan fingerprint density at radius 3 is 1.00 bits per heavy atom. The summed E-state index contributed by atoms with van der Waals surface area (Å²) >= 11 is 0. The van der Waals surface area contributed by atoms with E-state index in [1.165, 1.54) is 270 Å². The molecule has 0 aromatic carbocycles. The van der Waals surface area contributed by atoms with E-state index in [1.807, 2.05) is 21.1 Å². The number of allylic oxidation sites excluding steroid dienone is 8. The largest absolute Gasteiger partial charge is 0.477 e. The van der Waals surface area contributed by atoms with Crippen molar-refractivity contribution in [3.63, 3.8) is 0 Å². The third kappa shape index (κ3) is 68.6. The van der Waals surface area contributed by atoms with Gasteiger partial charge in [0.05, 0.1) is 34.4 Å². The first kappa shape index (κ1) is 82.2. The predicted octanol–water partition coefficient (Wildman–Crippen LogP) is 22.9. The van der Waals surface area contributed by atoms with Crippen LogP contribution in [0.15, 0.2) is 48.6 Å². The Labute approximate surface area is 527 Å². The lowest BCUT2D eigenvalue weighted by Crippen LogP contribution is -2.40. The number of quaternary nitrogens is 1. The number of carboxylic acid groups (broad SMARTS) is 1. The van der Waals surface area contributed by atoms with Gasteiger partial charge in [-0.15, -0.1) is 0 Å². The van der Waals surface area contributed by atoms with Crippen LogP contribution >= 0.6 is 0 Å². The Morgan fingerprint density at radius 2 is 0.671 bits per heavy atom. The summed E-state index contributed by atoms with van der Waals surface area (Å²) in [7, 11) is 5.99. The third-order valence-corrected chi connectivity index (χ3v) is 16.6. The van der Waals surface area contributed by atoms with E-state index in [-0.39, 0.29) is 38.2 Å². The number of rotatable bonds is 69. The first-order valence-corrected chi connectivity index (χ1v) is 36.8. The molecule has 0 rings (SSSR count). The van der Waals surface area contributed by atoms with Crippen LogP contribution in [0.2, 0.25) is 0 Å². The summed E-state index contributed by atoms with van der Waals surface area (Å²) in [6.07, 6.45) is 83.9. The fourth-order valence-electron chi connectivity index (χ4n) is 11.0. The third-order valence-electron chi connectivity index (χ3n) is 16.6. The van der Waals surface area contributed by atoms with E-state index < -0.39 is 18.4 Å². The zero-order valence-corrected chi connectivity index (χ0v) is 57.0. The van der Waals surface area contributed by atoms with Crippen LogP contribution in [0.5, 0.6) is 0 Å². The minimum Gasteiger partial charge on any atom is -0.477 e. The molecule has 1 N–H and O–H groups in total. The molecule has 0 aliphatic heterocycles. The molecule has 0 amide bonds. The van der Waals surface area contributed by atoms with E-state index in [9.17, 15) is 19.5 Å². The average molecular weight is 1200 g/mol. The van der Waals surface area contributed by atoms with E-state index in [4.69, 9.17) is 18.9 Å². The number of hydrogen-bond donors (Lipinski definition) is 1.